The van der Waals surface area contributed by atoms with Crippen molar-refractivity contribution in [2.75, 3.05) is 26.7 Å². The minimum Gasteiger partial charge on any atom is -0.319 e. The SMILES string of the molecule is CCN(CC(C)(CNC)c1ccccc1)C1CCCCC1. The van der Waals surface area contributed by atoms with Gasteiger partial charge in [-0.15, -0.1) is 0 Å². The van der Waals surface area contributed by atoms with E-state index in [4.69, 9.17) is 0 Å². The van der Waals surface area contributed by atoms with Crippen LogP contribution >= 0.6 is 0 Å². The van der Waals surface area contributed by atoms with E-state index in [1.165, 1.54) is 37.7 Å². The predicted octanol–water partition coefficient (Wildman–Crippen LogP) is 3.82. The first kappa shape index (κ1) is 16.5. The van der Waals surface area contributed by atoms with Crippen LogP contribution in [0.15, 0.2) is 30.3 Å². The van der Waals surface area contributed by atoms with Crippen LogP contribution in [0.25, 0.3) is 0 Å². The van der Waals surface area contributed by atoms with E-state index in [0.717, 1.165) is 25.7 Å². The third-order valence-electron chi connectivity index (χ3n) is 5.09. The van der Waals surface area contributed by atoms with Crippen molar-refractivity contribution in [1.29, 1.82) is 0 Å². The molecule has 0 heterocycles. The highest BCUT2D eigenvalue weighted by atomic mass is 15.2. The Morgan fingerprint density at radius 1 is 1.14 bits per heavy atom. The first-order valence-electron chi connectivity index (χ1n) is 8.64. The molecular weight excluding hydrogens is 256 g/mol. The minimum atomic E-state index is 0.184. The lowest BCUT2D eigenvalue weighted by molar-refractivity contribution is 0.131. The monoisotopic (exact) mass is 288 g/mol. The molecule has 0 bridgehead atoms. The molecular formula is C19H32N2. The zero-order chi connectivity index (χ0) is 15.1. The zero-order valence-corrected chi connectivity index (χ0v) is 14.1. The van der Waals surface area contributed by atoms with Gasteiger partial charge >= 0.3 is 0 Å². The molecule has 2 heteroatoms. The summed E-state index contributed by atoms with van der Waals surface area (Å²) in [5.41, 5.74) is 1.64. The molecule has 1 atom stereocenters. The van der Waals surface area contributed by atoms with Crippen LogP contribution in [-0.4, -0.2) is 37.6 Å². The van der Waals surface area contributed by atoms with Crippen LogP contribution in [0.3, 0.4) is 0 Å². The van der Waals surface area contributed by atoms with Crippen molar-refractivity contribution in [1.82, 2.24) is 10.2 Å². The fraction of sp³-hybridized carbons (Fsp3) is 0.684. The molecule has 1 fully saturated rings. The maximum atomic E-state index is 3.41. The van der Waals surface area contributed by atoms with E-state index in [9.17, 15) is 0 Å². The summed E-state index contributed by atoms with van der Waals surface area (Å²) in [6, 6.07) is 11.8. The summed E-state index contributed by atoms with van der Waals surface area (Å²) in [6.07, 6.45) is 7.03. The van der Waals surface area contributed by atoms with E-state index < -0.39 is 0 Å². The molecule has 1 aromatic rings. The summed E-state index contributed by atoms with van der Waals surface area (Å²) < 4.78 is 0. The second-order valence-electron chi connectivity index (χ2n) is 6.81. The van der Waals surface area contributed by atoms with Gasteiger partial charge in [0.1, 0.15) is 0 Å². The van der Waals surface area contributed by atoms with Crippen LogP contribution in [0.2, 0.25) is 0 Å². The van der Waals surface area contributed by atoms with Gasteiger partial charge in [0.05, 0.1) is 0 Å². The molecule has 1 unspecified atom stereocenters. The Morgan fingerprint density at radius 2 is 1.81 bits per heavy atom. The molecule has 2 rings (SSSR count). The highest BCUT2D eigenvalue weighted by Crippen LogP contribution is 2.29. The molecule has 1 aliphatic rings. The van der Waals surface area contributed by atoms with Gasteiger partial charge in [-0.1, -0.05) is 63.4 Å². The van der Waals surface area contributed by atoms with Crippen molar-refractivity contribution >= 4 is 0 Å². The molecule has 1 aliphatic carbocycles. The van der Waals surface area contributed by atoms with Crippen LogP contribution in [0.5, 0.6) is 0 Å². The van der Waals surface area contributed by atoms with Gasteiger partial charge in [-0.2, -0.15) is 0 Å². The summed E-state index contributed by atoms with van der Waals surface area (Å²) in [5.74, 6) is 0. The molecule has 0 aliphatic heterocycles. The van der Waals surface area contributed by atoms with Crippen LogP contribution in [-0.2, 0) is 5.41 Å². The number of nitrogens with zero attached hydrogens (tertiary/aromatic N) is 1. The van der Waals surface area contributed by atoms with E-state index in [-0.39, 0.29) is 5.41 Å². The summed E-state index contributed by atoms with van der Waals surface area (Å²) in [7, 11) is 2.07. The molecule has 0 spiro atoms. The molecule has 118 valence electrons. The summed E-state index contributed by atoms with van der Waals surface area (Å²) in [5, 5.41) is 3.41. The summed E-state index contributed by atoms with van der Waals surface area (Å²) >= 11 is 0. The van der Waals surface area contributed by atoms with E-state index in [0.29, 0.717) is 0 Å². The number of hydrogen-bond donors (Lipinski definition) is 1. The minimum absolute atomic E-state index is 0.184. The lowest BCUT2D eigenvalue weighted by Gasteiger charge is -2.41. The molecule has 0 radical (unpaired) electrons. The Morgan fingerprint density at radius 3 is 2.38 bits per heavy atom. The molecule has 0 aromatic heterocycles. The van der Waals surface area contributed by atoms with E-state index in [1.807, 2.05) is 0 Å². The van der Waals surface area contributed by atoms with Gasteiger partial charge in [-0.3, -0.25) is 4.90 Å². The second-order valence-corrected chi connectivity index (χ2v) is 6.81. The summed E-state index contributed by atoms with van der Waals surface area (Å²) in [4.78, 5) is 2.73. The molecule has 1 aromatic carbocycles. The predicted molar refractivity (Wildman–Crippen MR) is 91.8 cm³/mol. The number of rotatable bonds is 7. The average Bonchev–Trinajstić information content (AvgIpc) is 2.54. The van der Waals surface area contributed by atoms with Gasteiger partial charge in [0.2, 0.25) is 0 Å². The number of nitrogens with one attached hydrogen (secondary N) is 1. The van der Waals surface area contributed by atoms with E-state index in [2.05, 4.69) is 61.4 Å². The van der Waals surface area contributed by atoms with Crippen molar-refractivity contribution < 1.29 is 0 Å². The van der Waals surface area contributed by atoms with Crippen LogP contribution < -0.4 is 5.32 Å². The first-order valence-corrected chi connectivity index (χ1v) is 8.64. The Labute approximate surface area is 130 Å². The van der Waals surface area contributed by atoms with Crippen LogP contribution in [0.4, 0.5) is 0 Å². The maximum absolute atomic E-state index is 3.41. The van der Waals surface area contributed by atoms with Crippen molar-refractivity contribution in [3.05, 3.63) is 35.9 Å². The van der Waals surface area contributed by atoms with Gasteiger partial charge in [-0.05, 0) is 32.0 Å². The topological polar surface area (TPSA) is 15.3 Å². The Hall–Kier alpha value is -0.860. The lowest BCUT2D eigenvalue weighted by Crippen LogP contribution is -2.48. The Balaban J connectivity index is 2.13. The molecule has 21 heavy (non-hydrogen) atoms. The zero-order valence-electron chi connectivity index (χ0n) is 14.1. The second kappa shape index (κ2) is 7.95. The maximum Gasteiger partial charge on any atom is 0.0177 e. The molecule has 2 nitrogen and oxygen atoms in total. The number of hydrogen-bond acceptors (Lipinski definition) is 2. The molecule has 0 amide bonds. The average molecular weight is 288 g/mol. The van der Waals surface area contributed by atoms with E-state index in [1.54, 1.807) is 0 Å². The lowest BCUT2D eigenvalue weighted by atomic mass is 9.80. The Bertz CT molecular complexity index is 397. The number of benzene rings is 1. The van der Waals surface area contributed by atoms with Crippen molar-refractivity contribution in [3.8, 4) is 0 Å². The largest absolute Gasteiger partial charge is 0.319 e. The van der Waals surface area contributed by atoms with Crippen molar-refractivity contribution in [3.63, 3.8) is 0 Å². The third-order valence-corrected chi connectivity index (χ3v) is 5.09. The quantitative estimate of drug-likeness (QED) is 0.820. The van der Waals surface area contributed by atoms with Gasteiger partial charge in [0, 0.05) is 24.5 Å². The van der Waals surface area contributed by atoms with Gasteiger partial charge < -0.3 is 5.32 Å². The highest BCUT2D eigenvalue weighted by Gasteiger charge is 2.31. The van der Waals surface area contributed by atoms with Gasteiger partial charge in [-0.25, -0.2) is 0 Å². The molecule has 1 N–H and O–H groups in total. The first-order chi connectivity index (χ1) is 10.2. The van der Waals surface area contributed by atoms with Crippen molar-refractivity contribution in [2.24, 2.45) is 0 Å². The normalized spacial score (nSPS) is 19.6. The van der Waals surface area contributed by atoms with Crippen molar-refractivity contribution in [2.45, 2.75) is 57.4 Å². The van der Waals surface area contributed by atoms with Crippen LogP contribution in [0.1, 0.15) is 51.5 Å². The highest BCUT2D eigenvalue weighted by molar-refractivity contribution is 5.25. The molecule has 0 saturated heterocycles. The molecule has 1 saturated carbocycles. The third kappa shape index (κ3) is 4.31. The van der Waals surface area contributed by atoms with Crippen LogP contribution in [0, 0.1) is 0 Å². The van der Waals surface area contributed by atoms with E-state index >= 15 is 0 Å². The van der Waals surface area contributed by atoms with Gasteiger partial charge in [0.15, 0.2) is 0 Å². The standard InChI is InChI=1S/C19H32N2/c1-4-21(18-13-9-6-10-14-18)16-19(2,15-20-3)17-11-7-5-8-12-17/h5,7-8,11-12,18,20H,4,6,9-10,13-16H2,1-3H3. The summed E-state index contributed by atoms with van der Waals surface area (Å²) in [6.45, 7) is 8.07. The van der Waals surface area contributed by atoms with Gasteiger partial charge in [0.25, 0.3) is 0 Å². The fourth-order valence-corrected chi connectivity index (χ4v) is 3.87. The smallest absolute Gasteiger partial charge is 0.0177 e. The fourth-order valence-electron chi connectivity index (χ4n) is 3.87. The number of likely N-dealkylation sites (N-methyl/N-ethyl adjacent to an activating group) is 2. The Kier molecular flexibility index (Phi) is 6.25.